The lowest BCUT2D eigenvalue weighted by Crippen LogP contribution is -2.10. The molecule has 0 saturated heterocycles. The van der Waals surface area contributed by atoms with E-state index in [2.05, 4.69) is 350 Å². The molecule has 12 aromatic carbocycles. The first-order valence-electron chi connectivity index (χ1n) is 28.4. The Morgan fingerprint density at radius 3 is 0.476 bits per heavy atom. The van der Waals surface area contributed by atoms with Gasteiger partial charge in [-0.05, 0) is 175 Å². The summed E-state index contributed by atoms with van der Waals surface area (Å²) in [6.45, 7) is 0. The lowest BCUT2D eigenvalue weighted by molar-refractivity contribution is 1.28. The summed E-state index contributed by atoms with van der Waals surface area (Å²) in [5.74, 6) is 0. The molecule has 0 bridgehead atoms. The molecule has 2 nitrogen and oxygen atoms in total. The Labute approximate surface area is 500 Å². The second-order valence-electron chi connectivity index (χ2n) is 20.9. The van der Waals surface area contributed by atoms with Gasteiger partial charge in [-0.25, -0.2) is 0 Å². The zero-order valence-electron chi connectivity index (χ0n) is 46.0. The second-order valence-corrected chi connectivity index (χ2v) is 23.1. The molecular weight excluding hydrogens is 1050 g/mol. The average Bonchev–Trinajstić information content (AvgIpc) is 4.25. The molecule has 0 spiro atoms. The summed E-state index contributed by atoms with van der Waals surface area (Å²) in [4.78, 5) is 9.79. The van der Waals surface area contributed by atoms with E-state index < -0.39 is 0 Å². The largest absolute Gasteiger partial charge is 0.311 e. The highest BCUT2D eigenvalue weighted by molar-refractivity contribution is 7.19. The number of benzene rings is 12. The monoisotopic (exact) mass is 1110 g/mol. The van der Waals surface area contributed by atoms with Crippen LogP contribution in [0.2, 0.25) is 0 Å². The van der Waals surface area contributed by atoms with E-state index in [1.54, 1.807) is 0 Å². The summed E-state index contributed by atoms with van der Waals surface area (Å²) >= 11 is 3.66. The third-order valence-electron chi connectivity index (χ3n) is 15.6. The molecule has 0 atom stereocenters. The Kier molecular flexibility index (Phi) is 14.6. The average molecular weight is 1110 g/mol. The quantitative estimate of drug-likeness (QED) is 0.101. The Morgan fingerprint density at radius 1 is 0.131 bits per heavy atom. The highest BCUT2D eigenvalue weighted by Crippen LogP contribution is 2.42. The predicted molar refractivity (Wildman–Crippen MR) is 360 cm³/mol. The van der Waals surface area contributed by atoms with Gasteiger partial charge in [-0.3, -0.25) is 0 Å². The van der Waals surface area contributed by atoms with Gasteiger partial charge in [0, 0.05) is 53.6 Å². The molecule has 0 aliphatic carbocycles. The molecule has 14 aromatic rings. The van der Waals surface area contributed by atoms with Crippen LogP contribution in [0.25, 0.3) is 97.4 Å². The number of hydrogen-bond donors (Lipinski definition) is 0. The van der Waals surface area contributed by atoms with Gasteiger partial charge in [0.1, 0.15) is 0 Å². The molecular formula is C80H56N2S2. The van der Waals surface area contributed by atoms with Crippen LogP contribution in [0.1, 0.15) is 0 Å². The number of anilines is 6. The fourth-order valence-electron chi connectivity index (χ4n) is 11.1. The highest BCUT2D eigenvalue weighted by Gasteiger charge is 2.17. The van der Waals surface area contributed by atoms with Gasteiger partial charge in [-0.15, -0.1) is 22.7 Å². The van der Waals surface area contributed by atoms with E-state index in [1.807, 2.05) is 22.7 Å². The van der Waals surface area contributed by atoms with Crippen molar-refractivity contribution in [1.82, 2.24) is 0 Å². The van der Waals surface area contributed by atoms with Crippen molar-refractivity contribution in [2.75, 3.05) is 9.80 Å². The van der Waals surface area contributed by atoms with E-state index >= 15 is 0 Å². The molecule has 0 aliphatic rings. The van der Waals surface area contributed by atoms with Gasteiger partial charge in [0.25, 0.3) is 0 Å². The van der Waals surface area contributed by atoms with E-state index in [-0.39, 0.29) is 0 Å². The third kappa shape index (κ3) is 11.1. The molecule has 4 heteroatoms. The topological polar surface area (TPSA) is 6.48 Å². The summed E-state index contributed by atoms with van der Waals surface area (Å²) in [6.07, 6.45) is 0. The molecule has 0 saturated carbocycles. The van der Waals surface area contributed by atoms with Crippen LogP contribution >= 0.6 is 22.7 Å². The van der Waals surface area contributed by atoms with Crippen LogP contribution in [0.5, 0.6) is 0 Å². The molecule has 2 heterocycles. The minimum absolute atomic E-state index is 1.07. The van der Waals surface area contributed by atoms with Crippen molar-refractivity contribution >= 4 is 56.8 Å². The van der Waals surface area contributed by atoms with Crippen molar-refractivity contribution in [2.45, 2.75) is 0 Å². The van der Waals surface area contributed by atoms with Gasteiger partial charge < -0.3 is 9.80 Å². The number of thiophene rings is 2. The van der Waals surface area contributed by atoms with Crippen molar-refractivity contribution in [3.63, 3.8) is 0 Å². The normalized spacial score (nSPS) is 11.1. The molecule has 14 rings (SSSR count). The lowest BCUT2D eigenvalue weighted by atomic mass is 10.0. The van der Waals surface area contributed by atoms with Crippen LogP contribution in [0.15, 0.2) is 340 Å². The predicted octanol–water partition coefficient (Wildman–Crippen LogP) is 23.8. The molecule has 0 fully saturated rings. The van der Waals surface area contributed by atoms with Gasteiger partial charge in [-0.2, -0.15) is 0 Å². The molecule has 0 unspecified atom stereocenters. The van der Waals surface area contributed by atoms with Crippen molar-refractivity contribution in [1.29, 1.82) is 0 Å². The van der Waals surface area contributed by atoms with Gasteiger partial charge >= 0.3 is 0 Å². The maximum absolute atomic E-state index is 2.36. The molecule has 2 aromatic heterocycles. The number of rotatable bonds is 15. The molecule has 0 amide bonds. The summed E-state index contributed by atoms with van der Waals surface area (Å²) in [5.41, 5.74) is 23.2. The summed E-state index contributed by atoms with van der Waals surface area (Å²) in [7, 11) is 0. The fourth-order valence-corrected chi connectivity index (χ4v) is 13.2. The molecule has 84 heavy (non-hydrogen) atoms. The van der Waals surface area contributed by atoms with E-state index in [4.69, 9.17) is 0 Å². The van der Waals surface area contributed by atoms with E-state index in [9.17, 15) is 0 Å². The van der Waals surface area contributed by atoms with E-state index in [1.165, 1.54) is 86.3 Å². The van der Waals surface area contributed by atoms with Crippen LogP contribution < -0.4 is 9.80 Å². The SMILES string of the molecule is c1ccc(-c2ccc(N(c3ccc(-c4ccccc4)cc3)c3ccc(-c4ccc(N(c5ccc(-c6ccc(-c7ccc(-c8ccccc8)s7)cc6)cc5)c5ccc(-c6ccc(-c7ccc(-c8ccccc8)s7)cc6)cc5)cc4)cc3)cc2)cc1. The molecule has 0 radical (unpaired) electrons. The third-order valence-corrected chi connectivity index (χ3v) is 18.0. The van der Waals surface area contributed by atoms with Crippen molar-refractivity contribution < 1.29 is 0 Å². The fraction of sp³-hybridized carbons (Fsp3) is 0. The van der Waals surface area contributed by atoms with Gasteiger partial charge in [0.15, 0.2) is 0 Å². The minimum Gasteiger partial charge on any atom is -0.311 e. The first-order chi connectivity index (χ1) is 41.6. The summed E-state index contributed by atoms with van der Waals surface area (Å²) in [5, 5.41) is 0. The standard InChI is InChI=1S/C80H56N2S2/c1-5-13-57(14-6-1)61-29-41-71(42-30-61)81(72-43-31-62(32-44-72)58-15-7-2-8-16-58)75-49-37-65(38-50-75)66-39-51-76(52-40-66)82(73-45-33-63(34-46-73)59-21-25-69(26-22-59)79-55-53-77(83-79)67-17-9-3-10-18-67)74-47-35-64(36-48-74)60-23-27-70(28-24-60)80-56-54-78(84-80)68-19-11-4-12-20-68/h1-56H. The van der Waals surface area contributed by atoms with Crippen molar-refractivity contribution in [3.8, 4) is 97.4 Å². The van der Waals surface area contributed by atoms with Gasteiger partial charge in [0.2, 0.25) is 0 Å². The smallest absolute Gasteiger partial charge is 0.0462 e. The Balaban J connectivity index is 0.750. The first kappa shape index (κ1) is 51.8. The van der Waals surface area contributed by atoms with Crippen LogP contribution in [-0.2, 0) is 0 Å². The van der Waals surface area contributed by atoms with Crippen LogP contribution in [0, 0.1) is 0 Å². The Hall–Kier alpha value is -10.4. The molecule has 0 aliphatic heterocycles. The van der Waals surface area contributed by atoms with Gasteiger partial charge in [-0.1, -0.05) is 243 Å². The van der Waals surface area contributed by atoms with E-state index in [0.29, 0.717) is 0 Å². The number of nitrogens with zero attached hydrogens (tertiary/aromatic N) is 2. The van der Waals surface area contributed by atoms with Crippen LogP contribution in [0.4, 0.5) is 34.1 Å². The summed E-state index contributed by atoms with van der Waals surface area (Å²) < 4.78 is 0. The zero-order valence-corrected chi connectivity index (χ0v) is 47.7. The van der Waals surface area contributed by atoms with Crippen molar-refractivity contribution in [2.24, 2.45) is 0 Å². The maximum Gasteiger partial charge on any atom is 0.0462 e. The highest BCUT2D eigenvalue weighted by atomic mass is 32.1. The Bertz CT molecular complexity index is 4180. The van der Waals surface area contributed by atoms with Crippen LogP contribution in [0.3, 0.4) is 0 Å². The van der Waals surface area contributed by atoms with E-state index in [0.717, 1.165) is 45.3 Å². The molecule has 0 N–H and O–H groups in total. The molecule has 398 valence electrons. The first-order valence-corrected chi connectivity index (χ1v) is 30.1. The van der Waals surface area contributed by atoms with Gasteiger partial charge in [0.05, 0.1) is 0 Å². The lowest BCUT2D eigenvalue weighted by Gasteiger charge is -2.27. The Morgan fingerprint density at radius 2 is 0.274 bits per heavy atom. The number of hydrogen-bond acceptors (Lipinski definition) is 4. The maximum atomic E-state index is 2.36. The van der Waals surface area contributed by atoms with Crippen molar-refractivity contribution in [3.05, 3.63) is 340 Å². The van der Waals surface area contributed by atoms with Crippen LogP contribution in [-0.4, -0.2) is 0 Å². The second kappa shape index (κ2) is 23.6. The zero-order chi connectivity index (χ0) is 56.0. The minimum atomic E-state index is 1.07. The summed E-state index contributed by atoms with van der Waals surface area (Å²) in [6, 6.07) is 123.